The lowest BCUT2D eigenvalue weighted by Crippen LogP contribution is -2.41. The van der Waals surface area contributed by atoms with Gasteiger partial charge < -0.3 is 39.1 Å². The quantitative estimate of drug-likeness (QED) is 0.292. The second-order valence-electron chi connectivity index (χ2n) is 9.43. The van der Waals surface area contributed by atoms with Gasteiger partial charge in [0, 0.05) is 42.8 Å². The van der Waals surface area contributed by atoms with Crippen LogP contribution in [-0.4, -0.2) is 75.6 Å². The van der Waals surface area contributed by atoms with E-state index in [4.69, 9.17) is 28.8 Å². The highest BCUT2D eigenvalue weighted by atomic mass is 16.7. The van der Waals surface area contributed by atoms with Crippen LogP contribution in [0.4, 0.5) is 0 Å². The normalized spacial score (nSPS) is 19.6. The molecular weight excluding hydrogens is 476 g/mol. The summed E-state index contributed by atoms with van der Waals surface area (Å²) in [5.74, 6) is 1.36. The molecule has 2 aromatic rings. The van der Waals surface area contributed by atoms with E-state index in [2.05, 4.69) is 24.1 Å². The van der Waals surface area contributed by atoms with E-state index in [1.54, 1.807) is 7.11 Å². The summed E-state index contributed by atoms with van der Waals surface area (Å²) in [6.45, 7) is 8.94. The summed E-state index contributed by atoms with van der Waals surface area (Å²) < 4.78 is 28.3. The number of aliphatic hydroxyl groups excluding tert-OH is 1. The lowest BCUT2D eigenvalue weighted by Gasteiger charge is -2.38. The highest BCUT2D eigenvalue weighted by molar-refractivity contribution is 5.91. The zero-order chi connectivity index (χ0) is 26.6. The number of methoxy groups -OCH3 is 1. The summed E-state index contributed by atoms with van der Waals surface area (Å²) in [7, 11) is 1.65. The van der Waals surface area contributed by atoms with E-state index >= 15 is 0 Å². The van der Waals surface area contributed by atoms with E-state index in [9.17, 15) is 4.79 Å². The second kappa shape index (κ2) is 15.0. The number of benzene rings is 1. The van der Waals surface area contributed by atoms with E-state index in [1.807, 2.05) is 37.4 Å². The average molecular weight is 519 g/mol. The molecule has 206 valence electrons. The number of hydrogen-bond donors (Lipinski definition) is 3. The van der Waals surface area contributed by atoms with Gasteiger partial charge in [0.25, 0.3) is 5.91 Å². The molecule has 1 aromatic carbocycles. The number of amides is 1. The molecule has 3 atom stereocenters. The molecule has 0 spiro atoms. The standard InChI is InChI=1S/C28H42N2O7/c1-5-36-28-22(9-12-34-14-15-35-13-11-31)23(19(2)3)17-26(37-28)27(32)29-10-8-20-18-30-25-7-6-21(33-4)16-24(20)25/h6-7,16-19,22-23,28,30-31H,5,8-15H2,1-4H3,(H,29,32)/t22-,23-,28-/m1/s1. The van der Waals surface area contributed by atoms with Crippen molar-refractivity contribution in [2.75, 3.05) is 53.3 Å². The number of aromatic nitrogens is 1. The van der Waals surface area contributed by atoms with Crippen LogP contribution in [0.2, 0.25) is 0 Å². The molecule has 1 aliphatic heterocycles. The van der Waals surface area contributed by atoms with Crippen LogP contribution >= 0.6 is 0 Å². The Morgan fingerprint density at radius 1 is 1.19 bits per heavy atom. The van der Waals surface area contributed by atoms with Gasteiger partial charge in [0.05, 0.1) is 33.5 Å². The molecule has 2 heterocycles. The topological polar surface area (TPSA) is 111 Å². The minimum absolute atomic E-state index is 0.00597. The number of ether oxygens (including phenoxy) is 5. The summed E-state index contributed by atoms with van der Waals surface area (Å²) in [5.41, 5.74) is 2.15. The molecule has 1 aliphatic rings. The van der Waals surface area contributed by atoms with E-state index < -0.39 is 6.29 Å². The number of allylic oxidation sites excluding steroid dienone is 1. The number of aliphatic hydroxyl groups is 1. The molecule has 0 saturated carbocycles. The molecule has 9 heteroatoms. The summed E-state index contributed by atoms with van der Waals surface area (Å²) in [6, 6.07) is 5.91. The van der Waals surface area contributed by atoms with Crippen LogP contribution in [0.25, 0.3) is 10.9 Å². The number of nitrogens with one attached hydrogen (secondary N) is 2. The van der Waals surface area contributed by atoms with Crippen molar-refractivity contribution in [3.63, 3.8) is 0 Å². The summed E-state index contributed by atoms with van der Waals surface area (Å²) in [5, 5.41) is 12.9. The molecule has 1 aromatic heterocycles. The maximum Gasteiger partial charge on any atom is 0.286 e. The van der Waals surface area contributed by atoms with Crippen LogP contribution in [0.15, 0.2) is 36.2 Å². The molecule has 0 aliphatic carbocycles. The van der Waals surface area contributed by atoms with Crippen LogP contribution in [0.1, 0.15) is 32.8 Å². The molecule has 0 saturated heterocycles. The number of rotatable bonds is 16. The van der Waals surface area contributed by atoms with Crippen molar-refractivity contribution in [3.05, 3.63) is 41.8 Å². The molecular formula is C28H42N2O7. The first kappa shape index (κ1) is 29.0. The number of H-pyrrole nitrogens is 1. The summed E-state index contributed by atoms with van der Waals surface area (Å²) in [6.07, 6.45) is 4.82. The van der Waals surface area contributed by atoms with Crippen molar-refractivity contribution in [2.45, 2.75) is 39.9 Å². The van der Waals surface area contributed by atoms with Gasteiger partial charge in [-0.05, 0) is 61.4 Å². The Kier molecular flexibility index (Phi) is 11.7. The minimum atomic E-state index is -0.515. The van der Waals surface area contributed by atoms with Gasteiger partial charge in [0.2, 0.25) is 6.29 Å². The van der Waals surface area contributed by atoms with Crippen LogP contribution < -0.4 is 10.1 Å². The first-order chi connectivity index (χ1) is 18.0. The zero-order valence-electron chi connectivity index (χ0n) is 22.5. The van der Waals surface area contributed by atoms with Gasteiger partial charge in [0.15, 0.2) is 5.76 Å². The monoisotopic (exact) mass is 518 g/mol. The maximum atomic E-state index is 13.1. The Morgan fingerprint density at radius 2 is 1.97 bits per heavy atom. The third kappa shape index (κ3) is 8.20. The van der Waals surface area contributed by atoms with Crippen LogP contribution in [0, 0.1) is 17.8 Å². The summed E-state index contributed by atoms with van der Waals surface area (Å²) in [4.78, 5) is 16.3. The largest absolute Gasteiger partial charge is 0.497 e. The lowest BCUT2D eigenvalue weighted by molar-refractivity contribution is -0.177. The van der Waals surface area contributed by atoms with Gasteiger partial charge in [-0.2, -0.15) is 0 Å². The highest BCUT2D eigenvalue weighted by Crippen LogP contribution is 2.36. The van der Waals surface area contributed by atoms with Gasteiger partial charge >= 0.3 is 0 Å². The average Bonchev–Trinajstić information content (AvgIpc) is 3.30. The zero-order valence-corrected chi connectivity index (χ0v) is 22.5. The maximum absolute atomic E-state index is 13.1. The Balaban J connectivity index is 1.58. The van der Waals surface area contributed by atoms with Crippen LogP contribution in [-0.2, 0) is 30.2 Å². The van der Waals surface area contributed by atoms with Gasteiger partial charge in [-0.3, -0.25) is 4.79 Å². The fourth-order valence-electron chi connectivity index (χ4n) is 4.69. The molecule has 0 radical (unpaired) electrons. The fraction of sp³-hybridized carbons (Fsp3) is 0.607. The highest BCUT2D eigenvalue weighted by Gasteiger charge is 2.38. The number of aromatic amines is 1. The summed E-state index contributed by atoms with van der Waals surface area (Å²) >= 11 is 0. The smallest absolute Gasteiger partial charge is 0.286 e. The fourth-order valence-corrected chi connectivity index (χ4v) is 4.69. The molecule has 0 bridgehead atoms. The Labute approximate surface area is 219 Å². The van der Waals surface area contributed by atoms with E-state index in [1.165, 1.54) is 0 Å². The van der Waals surface area contributed by atoms with Crippen molar-refractivity contribution < 1.29 is 33.6 Å². The number of carbonyl (C=O) groups is 1. The molecule has 3 N–H and O–H groups in total. The lowest BCUT2D eigenvalue weighted by atomic mass is 9.79. The first-order valence-electron chi connectivity index (χ1n) is 13.2. The molecule has 9 nitrogen and oxygen atoms in total. The van der Waals surface area contributed by atoms with Gasteiger partial charge in [-0.1, -0.05) is 13.8 Å². The third-order valence-electron chi connectivity index (χ3n) is 6.61. The Morgan fingerprint density at radius 3 is 2.68 bits per heavy atom. The molecule has 3 rings (SSSR count). The predicted octanol–water partition coefficient (Wildman–Crippen LogP) is 3.42. The first-order valence-corrected chi connectivity index (χ1v) is 13.2. The molecule has 0 unspecified atom stereocenters. The Bertz CT molecular complexity index is 1000. The van der Waals surface area contributed by atoms with Crippen molar-refractivity contribution in [2.24, 2.45) is 17.8 Å². The number of carbonyl (C=O) groups excluding carboxylic acids is 1. The van der Waals surface area contributed by atoms with Gasteiger partial charge in [-0.15, -0.1) is 0 Å². The number of hydrogen-bond acceptors (Lipinski definition) is 7. The van der Waals surface area contributed by atoms with E-state index in [-0.39, 0.29) is 24.3 Å². The van der Waals surface area contributed by atoms with Crippen molar-refractivity contribution in [1.82, 2.24) is 10.3 Å². The van der Waals surface area contributed by atoms with Gasteiger partial charge in [-0.25, -0.2) is 0 Å². The number of fused-ring (bicyclic) bond motifs is 1. The van der Waals surface area contributed by atoms with Gasteiger partial charge in [0.1, 0.15) is 5.75 Å². The predicted molar refractivity (Wildman–Crippen MR) is 141 cm³/mol. The van der Waals surface area contributed by atoms with E-state index in [0.717, 1.165) is 28.6 Å². The Hall–Kier alpha value is -2.59. The van der Waals surface area contributed by atoms with E-state index in [0.29, 0.717) is 57.7 Å². The van der Waals surface area contributed by atoms with Crippen molar-refractivity contribution >= 4 is 16.8 Å². The molecule has 0 fully saturated rings. The second-order valence-corrected chi connectivity index (χ2v) is 9.43. The van der Waals surface area contributed by atoms with Crippen LogP contribution in [0.3, 0.4) is 0 Å². The minimum Gasteiger partial charge on any atom is -0.497 e. The van der Waals surface area contributed by atoms with Crippen molar-refractivity contribution in [3.8, 4) is 5.75 Å². The molecule has 37 heavy (non-hydrogen) atoms. The third-order valence-corrected chi connectivity index (χ3v) is 6.61. The van der Waals surface area contributed by atoms with Crippen LogP contribution in [0.5, 0.6) is 5.75 Å². The molecule has 1 amide bonds. The SMILES string of the molecule is CCO[C@@H]1OC(C(=O)NCCc2c[nH]c3ccc(OC)cc23)=C[C@H](C(C)C)[C@H]1CCOCCOCCO. The van der Waals surface area contributed by atoms with Crippen molar-refractivity contribution in [1.29, 1.82) is 0 Å².